The van der Waals surface area contributed by atoms with E-state index in [0.29, 0.717) is 0 Å². The summed E-state index contributed by atoms with van der Waals surface area (Å²) in [5.74, 6) is -6.33. The van der Waals surface area contributed by atoms with Gasteiger partial charge in [-0.2, -0.15) is 18.2 Å². The highest BCUT2D eigenvalue weighted by Crippen LogP contribution is 2.36. The fraction of sp³-hybridized carbons (Fsp3) is 0.0714. The molecule has 0 unspecified atom stereocenters. The van der Waals surface area contributed by atoms with Gasteiger partial charge < -0.3 is 4.74 Å². The van der Waals surface area contributed by atoms with Gasteiger partial charge in [-0.15, -0.1) is 0 Å². The maximum absolute atomic E-state index is 13.6. The molecule has 0 spiro atoms. The Hall–Kier alpha value is -2.80. The average molecular weight is 333 g/mol. The summed E-state index contributed by atoms with van der Waals surface area (Å²) in [6.45, 7) is 0. The second-order valence-electron chi connectivity index (χ2n) is 4.19. The molecular weight excluding hydrogens is 328 g/mol. The van der Waals surface area contributed by atoms with Crippen LogP contribution in [0.4, 0.5) is 32.0 Å². The molecule has 3 nitrogen and oxygen atoms in total. The lowest BCUT2D eigenvalue weighted by atomic mass is 10.2. The summed E-state index contributed by atoms with van der Waals surface area (Å²) in [5.41, 5.74) is -1.68. The van der Waals surface area contributed by atoms with Crippen molar-refractivity contribution < 1.29 is 35.9 Å². The molecule has 9 heteroatoms. The first-order chi connectivity index (χ1) is 10.7. The molecule has 120 valence electrons. The Bertz CT molecular complexity index is 773. The van der Waals surface area contributed by atoms with E-state index < -0.39 is 40.7 Å². The van der Waals surface area contributed by atoms with Crippen molar-refractivity contribution in [2.24, 2.45) is 4.99 Å². The topological polar surface area (TPSA) is 38.7 Å². The third kappa shape index (κ3) is 3.70. The Morgan fingerprint density at radius 2 is 1.57 bits per heavy atom. The molecule has 0 radical (unpaired) electrons. The lowest BCUT2D eigenvalue weighted by Crippen LogP contribution is -2.07. The molecule has 0 aliphatic carbocycles. The van der Waals surface area contributed by atoms with Gasteiger partial charge in [-0.05, 0) is 24.3 Å². The van der Waals surface area contributed by atoms with Crippen LogP contribution >= 0.6 is 0 Å². The van der Waals surface area contributed by atoms with E-state index >= 15 is 0 Å². The first-order valence-electron chi connectivity index (χ1n) is 5.84. The zero-order valence-electron chi connectivity index (χ0n) is 10.9. The molecular formula is C14H5F6NO2. The van der Waals surface area contributed by atoms with Crippen molar-refractivity contribution in [2.45, 2.75) is 6.18 Å². The van der Waals surface area contributed by atoms with Gasteiger partial charge in [-0.1, -0.05) is 0 Å². The number of hydrogen-bond acceptors (Lipinski definition) is 3. The van der Waals surface area contributed by atoms with Crippen molar-refractivity contribution in [1.82, 2.24) is 0 Å². The molecule has 0 aliphatic rings. The summed E-state index contributed by atoms with van der Waals surface area (Å²) >= 11 is 0. The van der Waals surface area contributed by atoms with Crippen molar-refractivity contribution in [1.29, 1.82) is 0 Å². The highest BCUT2D eigenvalue weighted by molar-refractivity contribution is 5.52. The Balaban J connectivity index is 2.45. The van der Waals surface area contributed by atoms with Crippen LogP contribution in [0, 0.1) is 17.5 Å². The zero-order chi connectivity index (χ0) is 17.2. The van der Waals surface area contributed by atoms with Gasteiger partial charge in [-0.3, -0.25) is 0 Å². The zero-order valence-corrected chi connectivity index (χ0v) is 10.9. The van der Waals surface area contributed by atoms with Gasteiger partial charge in [0.25, 0.3) is 0 Å². The van der Waals surface area contributed by atoms with E-state index in [4.69, 9.17) is 0 Å². The van der Waals surface area contributed by atoms with E-state index in [1.54, 1.807) is 0 Å². The van der Waals surface area contributed by atoms with E-state index in [-0.39, 0.29) is 17.8 Å². The molecule has 2 aromatic carbocycles. The highest BCUT2D eigenvalue weighted by Gasteiger charge is 2.33. The van der Waals surface area contributed by atoms with E-state index in [2.05, 4.69) is 9.73 Å². The number of halogens is 6. The van der Waals surface area contributed by atoms with Crippen LogP contribution < -0.4 is 4.74 Å². The molecule has 0 atom stereocenters. The third-order valence-electron chi connectivity index (χ3n) is 2.63. The minimum atomic E-state index is -4.95. The first kappa shape index (κ1) is 16.6. The molecule has 0 saturated carbocycles. The third-order valence-corrected chi connectivity index (χ3v) is 2.63. The number of ether oxygens (including phenoxy) is 1. The largest absolute Gasteiger partial charge is 0.448 e. The van der Waals surface area contributed by atoms with Crippen LogP contribution in [0.15, 0.2) is 35.3 Å². The molecule has 2 aromatic rings. The van der Waals surface area contributed by atoms with Crippen molar-refractivity contribution in [3.8, 4) is 11.5 Å². The molecule has 0 amide bonds. The van der Waals surface area contributed by atoms with Crippen LogP contribution in [0.5, 0.6) is 11.5 Å². The molecule has 23 heavy (non-hydrogen) atoms. The first-order valence-corrected chi connectivity index (χ1v) is 5.84. The number of benzene rings is 2. The van der Waals surface area contributed by atoms with Gasteiger partial charge in [0, 0.05) is 6.07 Å². The second kappa shape index (κ2) is 6.13. The molecule has 0 aromatic heterocycles. The maximum atomic E-state index is 13.6. The number of hydrogen-bond donors (Lipinski definition) is 0. The quantitative estimate of drug-likeness (QED) is 0.456. The number of alkyl halides is 3. The molecule has 0 heterocycles. The van der Waals surface area contributed by atoms with E-state index in [9.17, 15) is 31.1 Å². The van der Waals surface area contributed by atoms with Crippen LogP contribution in [0.25, 0.3) is 0 Å². The minimum Gasteiger partial charge on any atom is -0.448 e. The van der Waals surface area contributed by atoms with Crippen molar-refractivity contribution in [3.63, 3.8) is 0 Å². The lowest BCUT2D eigenvalue weighted by molar-refractivity contribution is -0.138. The lowest BCUT2D eigenvalue weighted by Gasteiger charge is -2.12. The smallest absolute Gasteiger partial charge is 0.416 e. The SMILES string of the molecule is O=C=Nc1ccc(F)c(Oc2c(F)cc(C(F)(F)F)cc2F)c1. The summed E-state index contributed by atoms with van der Waals surface area (Å²) in [6.07, 6.45) is -3.79. The number of isocyanates is 1. The van der Waals surface area contributed by atoms with Crippen LogP contribution in [-0.2, 0) is 11.0 Å². The Morgan fingerprint density at radius 3 is 2.09 bits per heavy atom. The summed E-state index contributed by atoms with van der Waals surface area (Å²) in [7, 11) is 0. The Morgan fingerprint density at radius 1 is 0.957 bits per heavy atom. The van der Waals surface area contributed by atoms with Gasteiger partial charge in [0.05, 0.1) is 11.3 Å². The number of rotatable bonds is 3. The maximum Gasteiger partial charge on any atom is 0.416 e. The summed E-state index contributed by atoms with van der Waals surface area (Å²) in [6, 6.07) is 2.72. The highest BCUT2D eigenvalue weighted by atomic mass is 19.4. The molecule has 0 fully saturated rings. The van der Waals surface area contributed by atoms with Gasteiger partial charge in [0.1, 0.15) is 0 Å². The van der Waals surface area contributed by atoms with Gasteiger partial charge in [-0.25, -0.2) is 18.0 Å². The predicted octanol–water partition coefficient (Wildman–Crippen LogP) is 4.88. The minimum absolute atomic E-state index is 0.0176. The van der Waals surface area contributed by atoms with Crippen LogP contribution in [-0.4, -0.2) is 6.08 Å². The summed E-state index contributed by atoms with van der Waals surface area (Å²) < 4.78 is 82.7. The van der Waals surface area contributed by atoms with E-state index in [1.165, 1.54) is 6.08 Å². The van der Waals surface area contributed by atoms with Crippen LogP contribution in [0.3, 0.4) is 0 Å². The molecule has 0 saturated heterocycles. The van der Waals surface area contributed by atoms with E-state index in [0.717, 1.165) is 18.2 Å². The van der Waals surface area contributed by atoms with Crippen molar-refractivity contribution >= 4 is 11.8 Å². The Kier molecular flexibility index (Phi) is 4.42. The fourth-order valence-electron chi connectivity index (χ4n) is 1.62. The number of carbonyl (C=O) groups excluding carboxylic acids is 1. The van der Waals surface area contributed by atoms with Crippen molar-refractivity contribution in [2.75, 3.05) is 0 Å². The molecule has 0 N–H and O–H groups in total. The standard InChI is InChI=1S/C14H5F6NO2/c15-9-2-1-8(21-6-22)5-12(9)23-13-10(16)3-7(4-11(13)17)14(18,19)20/h1-5H. The van der Waals surface area contributed by atoms with Crippen LogP contribution in [0.1, 0.15) is 5.56 Å². The predicted molar refractivity (Wildman–Crippen MR) is 65.6 cm³/mol. The molecule has 0 bridgehead atoms. The summed E-state index contributed by atoms with van der Waals surface area (Å²) in [5, 5.41) is 0. The van der Waals surface area contributed by atoms with Gasteiger partial charge in [0.15, 0.2) is 29.0 Å². The molecule has 0 aliphatic heterocycles. The van der Waals surface area contributed by atoms with E-state index in [1.807, 2.05) is 0 Å². The number of aliphatic imine (C=N–C) groups is 1. The molecule has 2 rings (SSSR count). The van der Waals surface area contributed by atoms with Crippen LogP contribution in [0.2, 0.25) is 0 Å². The average Bonchev–Trinajstić information content (AvgIpc) is 2.45. The summed E-state index contributed by atoms with van der Waals surface area (Å²) in [4.78, 5) is 13.3. The normalized spacial score (nSPS) is 11.0. The fourth-order valence-corrected chi connectivity index (χ4v) is 1.62. The second-order valence-corrected chi connectivity index (χ2v) is 4.19. The monoisotopic (exact) mass is 333 g/mol. The number of nitrogens with zero attached hydrogens (tertiary/aromatic N) is 1. The Labute approximate surface area is 124 Å². The van der Waals surface area contributed by atoms with Gasteiger partial charge in [0.2, 0.25) is 6.08 Å². The van der Waals surface area contributed by atoms with Gasteiger partial charge >= 0.3 is 6.18 Å². The van der Waals surface area contributed by atoms with Crippen molar-refractivity contribution in [3.05, 3.63) is 53.3 Å².